The molecule has 0 aliphatic heterocycles. The van der Waals surface area contributed by atoms with Gasteiger partial charge < -0.3 is 4.98 Å². The van der Waals surface area contributed by atoms with E-state index in [0.29, 0.717) is 5.92 Å². The Kier molecular flexibility index (Phi) is 3.25. The van der Waals surface area contributed by atoms with E-state index in [1.807, 2.05) is 18.2 Å². The van der Waals surface area contributed by atoms with Gasteiger partial charge in [-0.15, -0.1) is 0 Å². The van der Waals surface area contributed by atoms with E-state index >= 15 is 0 Å². The second-order valence-corrected chi connectivity index (χ2v) is 6.01. The number of hydrogen-bond donors (Lipinski definition) is 1. The molecule has 2 nitrogen and oxygen atoms in total. The average molecular weight is 306 g/mol. The quantitative estimate of drug-likeness (QED) is 0.795. The Morgan fingerprint density at radius 2 is 2.00 bits per heavy atom. The molecular formula is C15H16BrNO. The summed E-state index contributed by atoms with van der Waals surface area (Å²) in [6, 6.07) is 6.08. The zero-order valence-electron chi connectivity index (χ0n) is 10.2. The maximum atomic E-state index is 11.4. The van der Waals surface area contributed by atoms with E-state index in [-0.39, 0.29) is 0 Å². The SMILES string of the molecule is O=Cc1c(C2CCCCC2)[nH]c2ccc(Br)cc12. The molecule has 1 N–H and O–H groups in total. The van der Waals surface area contributed by atoms with Crippen LogP contribution in [0.3, 0.4) is 0 Å². The van der Waals surface area contributed by atoms with Crippen molar-refractivity contribution in [1.29, 1.82) is 0 Å². The first-order chi connectivity index (χ1) is 8.79. The molecule has 0 radical (unpaired) electrons. The Morgan fingerprint density at radius 1 is 1.22 bits per heavy atom. The van der Waals surface area contributed by atoms with Crippen LogP contribution in [0.5, 0.6) is 0 Å². The largest absolute Gasteiger partial charge is 0.358 e. The van der Waals surface area contributed by atoms with Crippen LogP contribution in [0, 0.1) is 0 Å². The minimum atomic E-state index is 0.533. The fraction of sp³-hybridized carbons (Fsp3) is 0.400. The van der Waals surface area contributed by atoms with Crippen LogP contribution >= 0.6 is 15.9 Å². The van der Waals surface area contributed by atoms with E-state index in [2.05, 4.69) is 20.9 Å². The number of hydrogen-bond acceptors (Lipinski definition) is 1. The minimum absolute atomic E-state index is 0.533. The van der Waals surface area contributed by atoms with Crippen LogP contribution in [0.1, 0.15) is 54.1 Å². The zero-order valence-corrected chi connectivity index (χ0v) is 11.8. The fourth-order valence-corrected chi connectivity index (χ4v) is 3.41. The van der Waals surface area contributed by atoms with Gasteiger partial charge in [-0.1, -0.05) is 35.2 Å². The molecule has 3 heteroatoms. The molecule has 0 bridgehead atoms. The number of benzene rings is 1. The Labute approximate surface area is 115 Å². The van der Waals surface area contributed by atoms with Crippen LogP contribution < -0.4 is 0 Å². The van der Waals surface area contributed by atoms with Gasteiger partial charge in [-0.2, -0.15) is 0 Å². The van der Waals surface area contributed by atoms with E-state index in [1.165, 1.54) is 32.1 Å². The molecule has 94 valence electrons. The third kappa shape index (κ3) is 2.01. The predicted octanol–water partition coefficient (Wildman–Crippen LogP) is 4.79. The number of rotatable bonds is 2. The topological polar surface area (TPSA) is 32.9 Å². The van der Waals surface area contributed by atoms with Gasteiger partial charge in [-0.05, 0) is 37.0 Å². The Balaban J connectivity index is 2.13. The monoisotopic (exact) mass is 305 g/mol. The number of H-pyrrole nitrogens is 1. The summed E-state index contributed by atoms with van der Waals surface area (Å²) in [5, 5.41) is 1.04. The van der Waals surface area contributed by atoms with Crippen LogP contribution in [0.25, 0.3) is 10.9 Å². The first kappa shape index (κ1) is 12.0. The Bertz CT molecular complexity index is 581. The molecule has 0 unspecified atom stereocenters. The molecule has 0 amide bonds. The number of aromatic amines is 1. The highest BCUT2D eigenvalue weighted by atomic mass is 79.9. The van der Waals surface area contributed by atoms with Crippen LogP contribution in [-0.4, -0.2) is 11.3 Å². The normalized spacial score (nSPS) is 17.2. The summed E-state index contributed by atoms with van der Waals surface area (Å²) in [5.74, 6) is 0.533. The van der Waals surface area contributed by atoms with Crippen molar-refractivity contribution in [3.63, 3.8) is 0 Å². The molecule has 1 saturated carbocycles. The zero-order chi connectivity index (χ0) is 12.5. The lowest BCUT2D eigenvalue weighted by molar-refractivity contribution is 0.112. The molecule has 1 aliphatic carbocycles. The summed E-state index contributed by atoms with van der Waals surface area (Å²) in [7, 11) is 0. The first-order valence-corrected chi connectivity index (χ1v) is 7.35. The van der Waals surface area contributed by atoms with Crippen molar-refractivity contribution >= 4 is 33.1 Å². The molecule has 0 saturated heterocycles. The van der Waals surface area contributed by atoms with Gasteiger partial charge in [0, 0.05) is 26.6 Å². The van der Waals surface area contributed by atoms with Crippen LogP contribution in [0.15, 0.2) is 22.7 Å². The molecule has 18 heavy (non-hydrogen) atoms. The van der Waals surface area contributed by atoms with Crippen LogP contribution in [0.4, 0.5) is 0 Å². The summed E-state index contributed by atoms with van der Waals surface area (Å²) in [5.41, 5.74) is 3.08. The Morgan fingerprint density at radius 3 is 2.72 bits per heavy atom. The summed E-state index contributed by atoms with van der Waals surface area (Å²) in [4.78, 5) is 14.9. The first-order valence-electron chi connectivity index (χ1n) is 6.56. The van der Waals surface area contributed by atoms with E-state index in [9.17, 15) is 4.79 Å². The number of nitrogens with one attached hydrogen (secondary N) is 1. The maximum Gasteiger partial charge on any atom is 0.152 e. The number of aromatic nitrogens is 1. The van der Waals surface area contributed by atoms with Crippen molar-refractivity contribution in [2.75, 3.05) is 0 Å². The maximum absolute atomic E-state index is 11.4. The molecule has 2 aromatic rings. The van der Waals surface area contributed by atoms with Crippen molar-refractivity contribution in [2.24, 2.45) is 0 Å². The van der Waals surface area contributed by atoms with Crippen molar-refractivity contribution < 1.29 is 4.79 Å². The number of carbonyl (C=O) groups excluding carboxylic acids is 1. The highest BCUT2D eigenvalue weighted by Gasteiger charge is 2.21. The van der Waals surface area contributed by atoms with Gasteiger partial charge in [0.05, 0.1) is 0 Å². The summed E-state index contributed by atoms with van der Waals surface area (Å²) in [6.45, 7) is 0. The molecule has 1 fully saturated rings. The molecule has 1 aromatic carbocycles. The molecular weight excluding hydrogens is 290 g/mol. The molecule has 1 aromatic heterocycles. The minimum Gasteiger partial charge on any atom is -0.358 e. The lowest BCUT2D eigenvalue weighted by Crippen LogP contribution is -2.06. The van der Waals surface area contributed by atoms with Crippen molar-refractivity contribution in [3.8, 4) is 0 Å². The molecule has 1 heterocycles. The summed E-state index contributed by atoms with van der Waals surface area (Å²) in [6.07, 6.45) is 7.31. The van der Waals surface area contributed by atoms with Gasteiger partial charge in [-0.3, -0.25) is 4.79 Å². The molecule has 0 spiro atoms. The third-order valence-electron chi connectivity index (χ3n) is 3.96. The lowest BCUT2D eigenvalue weighted by atomic mass is 9.85. The second kappa shape index (κ2) is 4.88. The van der Waals surface area contributed by atoms with Gasteiger partial charge in [0.1, 0.15) is 0 Å². The summed E-state index contributed by atoms with van der Waals surface area (Å²) >= 11 is 3.47. The second-order valence-electron chi connectivity index (χ2n) is 5.10. The van der Waals surface area contributed by atoms with E-state index in [1.54, 1.807) is 0 Å². The van der Waals surface area contributed by atoms with Crippen molar-refractivity contribution in [1.82, 2.24) is 4.98 Å². The highest BCUT2D eigenvalue weighted by molar-refractivity contribution is 9.10. The van der Waals surface area contributed by atoms with E-state index < -0.39 is 0 Å². The van der Waals surface area contributed by atoms with Gasteiger partial charge in [0.15, 0.2) is 6.29 Å². The van der Waals surface area contributed by atoms with Crippen LogP contribution in [-0.2, 0) is 0 Å². The fourth-order valence-electron chi connectivity index (χ4n) is 3.05. The van der Waals surface area contributed by atoms with Crippen LogP contribution in [0.2, 0.25) is 0 Å². The number of carbonyl (C=O) groups is 1. The number of aldehydes is 1. The smallest absolute Gasteiger partial charge is 0.152 e. The van der Waals surface area contributed by atoms with Gasteiger partial charge in [0.2, 0.25) is 0 Å². The van der Waals surface area contributed by atoms with E-state index in [0.717, 1.165) is 32.9 Å². The molecule has 1 aliphatic rings. The van der Waals surface area contributed by atoms with Crippen molar-refractivity contribution in [2.45, 2.75) is 38.0 Å². The predicted molar refractivity (Wildman–Crippen MR) is 77.2 cm³/mol. The standard InChI is InChI=1S/C15H16BrNO/c16-11-6-7-14-12(8-11)13(9-18)15(17-14)10-4-2-1-3-5-10/h6-10,17H,1-5H2. The average Bonchev–Trinajstić information content (AvgIpc) is 2.77. The van der Waals surface area contributed by atoms with Gasteiger partial charge in [0.25, 0.3) is 0 Å². The van der Waals surface area contributed by atoms with E-state index in [4.69, 9.17) is 0 Å². The van der Waals surface area contributed by atoms with Gasteiger partial charge in [-0.25, -0.2) is 0 Å². The molecule has 3 rings (SSSR count). The summed E-state index contributed by atoms with van der Waals surface area (Å²) < 4.78 is 1.02. The Hall–Kier alpha value is -1.09. The molecule has 0 atom stereocenters. The number of fused-ring (bicyclic) bond motifs is 1. The third-order valence-corrected chi connectivity index (χ3v) is 4.46. The van der Waals surface area contributed by atoms with Crippen molar-refractivity contribution in [3.05, 3.63) is 33.9 Å². The lowest BCUT2D eigenvalue weighted by Gasteiger charge is -2.21. The highest BCUT2D eigenvalue weighted by Crippen LogP contribution is 2.36. The number of halogens is 1. The van der Waals surface area contributed by atoms with Gasteiger partial charge >= 0.3 is 0 Å².